The number of nitrogens with two attached hydrogens (primary N) is 1. The van der Waals surface area contributed by atoms with Crippen molar-refractivity contribution in [1.29, 1.82) is 0 Å². The molecule has 0 saturated heterocycles. The first-order valence-corrected chi connectivity index (χ1v) is 5.45. The highest BCUT2D eigenvalue weighted by molar-refractivity contribution is 5.70. The number of anilines is 1. The summed E-state index contributed by atoms with van der Waals surface area (Å²) in [7, 11) is 1.86. The minimum Gasteiger partial charge on any atom is -0.542 e. The molecule has 1 saturated carbocycles. The van der Waals surface area contributed by atoms with Gasteiger partial charge in [-0.1, -0.05) is 0 Å². The lowest BCUT2D eigenvalue weighted by Gasteiger charge is -2.03. The highest BCUT2D eigenvalue weighted by Crippen LogP contribution is 2.29. The summed E-state index contributed by atoms with van der Waals surface area (Å²) in [4.78, 5) is 8.78. The number of hydrogen-bond acceptors (Lipinski definition) is 4. The maximum Gasteiger partial charge on any atom is 0.430 e. The lowest BCUT2D eigenvalue weighted by atomic mass is 10.5. The number of carboxylic acid groups (broad SMARTS) is 1. The Kier molecular flexibility index (Phi) is 4.62. The largest absolute Gasteiger partial charge is 0.542 e. The van der Waals surface area contributed by atoms with Gasteiger partial charge < -0.3 is 14.6 Å². The summed E-state index contributed by atoms with van der Waals surface area (Å²) < 4.78 is 38.8. The fourth-order valence-corrected chi connectivity index (χ4v) is 1.06. The van der Waals surface area contributed by atoms with Crippen molar-refractivity contribution in [1.82, 2.24) is 5.10 Å². The van der Waals surface area contributed by atoms with Gasteiger partial charge in [-0.2, -0.15) is 23.0 Å². The monoisotopic (exact) mass is 281 g/mol. The molecule has 0 unspecified atom stereocenters. The van der Waals surface area contributed by atoms with Gasteiger partial charge in [0.05, 0.1) is 12.7 Å². The van der Waals surface area contributed by atoms with Gasteiger partial charge in [-0.3, -0.25) is 5.73 Å². The molecule has 6 nitrogen and oxygen atoms in total. The second-order valence-corrected chi connectivity index (χ2v) is 4.14. The first kappa shape index (κ1) is 15.1. The van der Waals surface area contributed by atoms with Crippen LogP contribution >= 0.6 is 0 Å². The topological polar surface area (TPSA) is 95.1 Å². The Morgan fingerprint density at radius 2 is 2.16 bits per heavy atom. The first-order chi connectivity index (χ1) is 8.70. The van der Waals surface area contributed by atoms with Gasteiger partial charge in [0.15, 0.2) is 0 Å². The molecule has 0 radical (unpaired) electrons. The third kappa shape index (κ3) is 5.49. The Labute approximate surface area is 106 Å². The number of alkyl halides is 3. The van der Waals surface area contributed by atoms with E-state index in [4.69, 9.17) is 20.4 Å². The number of aryl methyl sites for hydroxylation is 1. The van der Waals surface area contributed by atoms with Gasteiger partial charge in [-0.15, -0.1) is 0 Å². The van der Waals surface area contributed by atoms with E-state index in [0.717, 1.165) is 18.4 Å². The van der Waals surface area contributed by atoms with Gasteiger partial charge in [0, 0.05) is 0 Å². The van der Waals surface area contributed by atoms with Crippen molar-refractivity contribution in [2.24, 2.45) is 13.0 Å². The van der Waals surface area contributed by atoms with E-state index in [1.54, 1.807) is 4.68 Å². The molecule has 19 heavy (non-hydrogen) atoms. The molecule has 0 amide bonds. The number of carbonyl (C=O) groups is 1. The van der Waals surface area contributed by atoms with Crippen LogP contribution in [0.1, 0.15) is 12.8 Å². The minimum absolute atomic E-state index is 0.695. The third-order valence-electron chi connectivity index (χ3n) is 2.35. The lowest BCUT2D eigenvalue weighted by molar-refractivity contribution is -0.713. The van der Waals surface area contributed by atoms with Crippen LogP contribution in [0.4, 0.5) is 19.0 Å². The maximum atomic E-state index is 10.5. The molecule has 0 aromatic carbocycles. The number of hydrogen-bond donors (Lipinski definition) is 2. The van der Waals surface area contributed by atoms with Gasteiger partial charge in [0.25, 0.3) is 5.82 Å². The summed E-state index contributed by atoms with van der Waals surface area (Å²) in [5.41, 5.74) is 5.61. The summed E-state index contributed by atoms with van der Waals surface area (Å²) >= 11 is 0. The van der Waals surface area contributed by atoms with Crippen LogP contribution in [-0.2, 0) is 11.8 Å². The number of nitrogen functional groups attached to an aromatic ring is 1. The van der Waals surface area contributed by atoms with E-state index in [2.05, 4.69) is 5.10 Å². The molecule has 0 bridgehead atoms. The van der Waals surface area contributed by atoms with Crippen molar-refractivity contribution in [3.05, 3.63) is 6.07 Å². The van der Waals surface area contributed by atoms with Crippen LogP contribution in [-0.4, -0.2) is 23.9 Å². The molecule has 1 aliphatic carbocycles. The average molecular weight is 281 g/mol. The lowest BCUT2D eigenvalue weighted by Crippen LogP contribution is -2.37. The predicted octanol–water partition coefficient (Wildman–Crippen LogP) is -0.491. The van der Waals surface area contributed by atoms with Gasteiger partial charge in [0.1, 0.15) is 13.0 Å². The Morgan fingerprint density at radius 3 is 2.47 bits per heavy atom. The van der Waals surface area contributed by atoms with Gasteiger partial charge in [-0.05, 0) is 18.8 Å². The summed E-state index contributed by atoms with van der Waals surface area (Å²) in [5.74, 6) is -0.768. The SMILES string of the molecule is C[n+]1[nH]c(OCC2CC2)cc1N.O=C([O-])C(F)(F)F. The number of H-pyrrole nitrogens is 1. The van der Waals surface area contributed by atoms with Gasteiger partial charge in [-0.25, -0.2) is 0 Å². The molecule has 108 valence electrons. The second-order valence-electron chi connectivity index (χ2n) is 4.14. The first-order valence-electron chi connectivity index (χ1n) is 5.45. The summed E-state index contributed by atoms with van der Waals surface area (Å²) in [6.07, 6.45) is -2.58. The highest BCUT2D eigenvalue weighted by atomic mass is 19.4. The zero-order valence-electron chi connectivity index (χ0n) is 10.2. The fourth-order valence-electron chi connectivity index (χ4n) is 1.06. The molecule has 3 N–H and O–H groups in total. The average Bonchev–Trinajstić information content (AvgIpc) is 3.04. The number of rotatable bonds is 3. The zero-order valence-corrected chi connectivity index (χ0v) is 10.2. The van der Waals surface area contributed by atoms with Gasteiger partial charge in [0.2, 0.25) is 5.88 Å². The normalized spacial score (nSPS) is 14.5. The molecule has 1 heterocycles. The zero-order chi connectivity index (χ0) is 14.6. The van der Waals surface area contributed by atoms with Crippen molar-refractivity contribution in [2.75, 3.05) is 12.3 Å². The van der Waals surface area contributed by atoms with E-state index in [-0.39, 0.29) is 0 Å². The Hall–Kier alpha value is -1.93. The minimum atomic E-state index is -5.19. The molecule has 2 rings (SSSR count). The molecule has 1 aliphatic rings. The molecule has 0 atom stereocenters. The van der Waals surface area contributed by atoms with Crippen LogP contribution < -0.4 is 20.3 Å². The third-order valence-corrected chi connectivity index (χ3v) is 2.35. The van der Waals surface area contributed by atoms with Crippen molar-refractivity contribution >= 4 is 11.8 Å². The molecular formula is C10H14F3N3O3. The Bertz CT molecular complexity index is 421. The number of nitrogens with zero attached hydrogens (tertiary/aromatic N) is 1. The fraction of sp³-hybridized carbons (Fsp3) is 0.600. The van der Waals surface area contributed by atoms with Crippen molar-refractivity contribution < 1.29 is 32.5 Å². The maximum absolute atomic E-state index is 10.5. The van der Waals surface area contributed by atoms with Crippen molar-refractivity contribution in [2.45, 2.75) is 19.0 Å². The Balaban J connectivity index is 0.000000224. The van der Waals surface area contributed by atoms with Crippen LogP contribution in [0.25, 0.3) is 0 Å². The van der Waals surface area contributed by atoms with Gasteiger partial charge >= 0.3 is 6.18 Å². The number of aromatic nitrogens is 2. The number of aliphatic carboxylic acids is 1. The second kappa shape index (κ2) is 5.81. The standard InChI is InChI=1S/C8H13N3O.C2HF3O2/c1-11-7(9)4-8(10-11)12-5-6-2-3-6;3-2(4,5)1(6)7/h4,6H,2-3,5H2,1H3,(H2,9,10);(H,6,7). The highest BCUT2D eigenvalue weighted by Gasteiger charge is 2.28. The van der Waals surface area contributed by atoms with E-state index in [9.17, 15) is 13.2 Å². The molecule has 1 aromatic heterocycles. The number of halogens is 3. The van der Waals surface area contributed by atoms with E-state index >= 15 is 0 Å². The molecule has 0 spiro atoms. The van der Waals surface area contributed by atoms with E-state index in [0.29, 0.717) is 5.82 Å². The summed E-state index contributed by atoms with van der Waals surface area (Å²) in [5, 5.41) is 11.8. The Morgan fingerprint density at radius 1 is 1.63 bits per heavy atom. The van der Waals surface area contributed by atoms with Crippen LogP contribution in [0.5, 0.6) is 5.88 Å². The predicted molar refractivity (Wildman–Crippen MR) is 55.7 cm³/mol. The van der Waals surface area contributed by atoms with Crippen molar-refractivity contribution in [3.8, 4) is 5.88 Å². The molecule has 1 aromatic rings. The van der Waals surface area contributed by atoms with Crippen molar-refractivity contribution in [3.63, 3.8) is 0 Å². The number of nitrogens with one attached hydrogen (secondary N) is 1. The summed E-state index contributed by atoms with van der Waals surface area (Å²) in [6, 6.07) is 1.81. The van der Waals surface area contributed by atoms with Crippen LogP contribution in [0, 0.1) is 5.92 Å². The molecule has 0 aliphatic heterocycles. The number of aromatic amines is 1. The number of ether oxygens (including phenoxy) is 1. The van der Waals surface area contributed by atoms with Crippen LogP contribution in [0.15, 0.2) is 6.07 Å². The summed E-state index contributed by atoms with van der Waals surface area (Å²) in [6.45, 7) is 0.819. The molecule has 1 fully saturated rings. The van der Waals surface area contributed by atoms with E-state index < -0.39 is 12.1 Å². The van der Waals surface area contributed by atoms with E-state index in [1.165, 1.54) is 12.8 Å². The molecular weight excluding hydrogens is 267 g/mol. The smallest absolute Gasteiger partial charge is 0.430 e. The van der Waals surface area contributed by atoms with E-state index in [1.807, 2.05) is 13.1 Å². The number of carbonyl (C=O) groups excluding carboxylic acids is 1. The number of carboxylic acids is 1. The quantitative estimate of drug-likeness (QED) is 0.731. The molecule has 9 heteroatoms. The van der Waals surface area contributed by atoms with Crippen LogP contribution in [0.2, 0.25) is 0 Å². The van der Waals surface area contributed by atoms with Crippen LogP contribution in [0.3, 0.4) is 0 Å².